The van der Waals surface area contributed by atoms with E-state index in [0.29, 0.717) is 13.2 Å². The molecule has 1 aromatic heterocycles. The molecule has 5 heteroatoms. The minimum absolute atomic E-state index is 0.0242. The summed E-state index contributed by atoms with van der Waals surface area (Å²) in [5.74, 6) is 1.77. The molecule has 0 aliphatic heterocycles. The van der Waals surface area contributed by atoms with E-state index >= 15 is 0 Å². The van der Waals surface area contributed by atoms with Crippen molar-refractivity contribution >= 4 is 5.96 Å². The van der Waals surface area contributed by atoms with Crippen LogP contribution >= 0.6 is 0 Å². The third kappa shape index (κ3) is 7.51. The first kappa shape index (κ1) is 15.6. The van der Waals surface area contributed by atoms with Gasteiger partial charge in [-0.1, -0.05) is 0 Å². The molecule has 0 saturated heterocycles. The number of hydrogen-bond donors (Lipinski definition) is 2. The quantitative estimate of drug-likeness (QED) is 0.469. The van der Waals surface area contributed by atoms with Gasteiger partial charge in [-0.3, -0.25) is 4.99 Å². The van der Waals surface area contributed by atoms with E-state index in [9.17, 15) is 0 Å². The SMILES string of the molecule is COCCN=C(NCCc1ccco1)NC(C)(C)C. The Morgan fingerprint density at radius 1 is 1.42 bits per heavy atom. The van der Waals surface area contributed by atoms with Gasteiger partial charge in [0.25, 0.3) is 0 Å². The van der Waals surface area contributed by atoms with E-state index in [2.05, 4.69) is 36.4 Å². The predicted molar refractivity (Wildman–Crippen MR) is 77.5 cm³/mol. The van der Waals surface area contributed by atoms with Crippen molar-refractivity contribution < 1.29 is 9.15 Å². The lowest BCUT2D eigenvalue weighted by molar-refractivity contribution is 0.207. The monoisotopic (exact) mass is 267 g/mol. The van der Waals surface area contributed by atoms with Crippen molar-refractivity contribution in [1.29, 1.82) is 0 Å². The van der Waals surface area contributed by atoms with Crippen LogP contribution in [0.15, 0.2) is 27.8 Å². The van der Waals surface area contributed by atoms with Crippen molar-refractivity contribution in [3.63, 3.8) is 0 Å². The summed E-state index contributed by atoms with van der Waals surface area (Å²) in [5.41, 5.74) is -0.0242. The molecule has 1 heterocycles. The van der Waals surface area contributed by atoms with E-state index in [-0.39, 0.29) is 5.54 Å². The third-order valence-electron chi connectivity index (χ3n) is 2.30. The number of hydrogen-bond acceptors (Lipinski definition) is 3. The molecule has 0 fully saturated rings. The van der Waals surface area contributed by atoms with Crippen molar-refractivity contribution in [3.8, 4) is 0 Å². The van der Waals surface area contributed by atoms with Crippen molar-refractivity contribution in [2.75, 3.05) is 26.8 Å². The second-order valence-corrected chi connectivity index (χ2v) is 5.35. The number of nitrogens with one attached hydrogen (secondary N) is 2. The van der Waals surface area contributed by atoms with Crippen LogP contribution in [0.2, 0.25) is 0 Å². The van der Waals surface area contributed by atoms with Crippen LogP contribution in [-0.4, -0.2) is 38.3 Å². The van der Waals surface area contributed by atoms with Crippen LogP contribution in [0.3, 0.4) is 0 Å². The molecule has 0 aromatic carbocycles. The van der Waals surface area contributed by atoms with Crippen molar-refractivity contribution in [1.82, 2.24) is 10.6 Å². The van der Waals surface area contributed by atoms with Crippen LogP contribution in [0.4, 0.5) is 0 Å². The maximum absolute atomic E-state index is 5.29. The second kappa shape index (κ2) is 7.84. The largest absolute Gasteiger partial charge is 0.469 e. The summed E-state index contributed by atoms with van der Waals surface area (Å²) in [6.07, 6.45) is 2.53. The second-order valence-electron chi connectivity index (χ2n) is 5.35. The lowest BCUT2D eigenvalue weighted by atomic mass is 10.1. The fourth-order valence-electron chi connectivity index (χ4n) is 1.50. The minimum atomic E-state index is -0.0242. The molecule has 2 N–H and O–H groups in total. The zero-order valence-corrected chi connectivity index (χ0v) is 12.3. The molecule has 1 rings (SSSR count). The summed E-state index contributed by atoms with van der Waals surface area (Å²) in [7, 11) is 1.68. The highest BCUT2D eigenvalue weighted by Gasteiger charge is 2.11. The lowest BCUT2D eigenvalue weighted by Crippen LogP contribution is -2.48. The number of furan rings is 1. The van der Waals surface area contributed by atoms with Gasteiger partial charge < -0.3 is 19.8 Å². The molecule has 0 unspecified atom stereocenters. The van der Waals surface area contributed by atoms with Gasteiger partial charge in [0, 0.05) is 25.6 Å². The first-order valence-corrected chi connectivity index (χ1v) is 6.59. The number of ether oxygens (including phenoxy) is 1. The molecule has 1 aromatic rings. The Hall–Kier alpha value is -1.49. The van der Waals surface area contributed by atoms with E-state index in [1.165, 1.54) is 0 Å². The summed E-state index contributed by atoms with van der Waals surface area (Å²) in [4.78, 5) is 4.46. The van der Waals surface area contributed by atoms with Gasteiger partial charge >= 0.3 is 0 Å². The first-order valence-electron chi connectivity index (χ1n) is 6.59. The fourth-order valence-corrected chi connectivity index (χ4v) is 1.50. The summed E-state index contributed by atoms with van der Waals surface area (Å²) in [6, 6.07) is 3.87. The number of methoxy groups -OCH3 is 1. The van der Waals surface area contributed by atoms with Gasteiger partial charge in [0.1, 0.15) is 5.76 Å². The van der Waals surface area contributed by atoms with Gasteiger partial charge in [0.2, 0.25) is 0 Å². The molecule has 0 spiro atoms. The van der Waals surface area contributed by atoms with Crippen LogP contribution in [-0.2, 0) is 11.2 Å². The van der Waals surface area contributed by atoms with Crippen LogP contribution in [0.1, 0.15) is 26.5 Å². The highest BCUT2D eigenvalue weighted by molar-refractivity contribution is 5.80. The summed E-state index contributed by atoms with van der Waals surface area (Å²) in [5, 5.41) is 6.64. The normalized spacial score (nSPS) is 12.5. The van der Waals surface area contributed by atoms with Gasteiger partial charge in [0.15, 0.2) is 5.96 Å². The number of aliphatic imine (C=N–C) groups is 1. The van der Waals surface area contributed by atoms with Crippen molar-refractivity contribution in [3.05, 3.63) is 24.2 Å². The summed E-state index contributed by atoms with van der Waals surface area (Å²) in [6.45, 7) is 8.35. The molecule has 5 nitrogen and oxygen atoms in total. The molecule has 0 atom stereocenters. The molecular weight excluding hydrogens is 242 g/mol. The highest BCUT2D eigenvalue weighted by Crippen LogP contribution is 2.00. The zero-order chi connectivity index (χ0) is 14.1. The molecule has 19 heavy (non-hydrogen) atoms. The first-order chi connectivity index (χ1) is 9.01. The van der Waals surface area contributed by atoms with Crippen molar-refractivity contribution in [2.24, 2.45) is 4.99 Å². The van der Waals surface area contributed by atoms with Gasteiger partial charge in [-0.15, -0.1) is 0 Å². The lowest BCUT2D eigenvalue weighted by Gasteiger charge is -2.24. The van der Waals surface area contributed by atoms with E-state index in [1.54, 1.807) is 13.4 Å². The zero-order valence-electron chi connectivity index (χ0n) is 12.3. The average molecular weight is 267 g/mol. The van der Waals surface area contributed by atoms with E-state index in [0.717, 1.165) is 24.7 Å². The van der Waals surface area contributed by atoms with E-state index in [4.69, 9.17) is 9.15 Å². The van der Waals surface area contributed by atoms with Crippen LogP contribution in [0.5, 0.6) is 0 Å². The van der Waals surface area contributed by atoms with Crippen LogP contribution < -0.4 is 10.6 Å². The Kier molecular flexibility index (Phi) is 6.42. The Morgan fingerprint density at radius 2 is 2.21 bits per heavy atom. The van der Waals surface area contributed by atoms with Gasteiger partial charge in [-0.05, 0) is 32.9 Å². The Bertz CT molecular complexity index is 367. The molecule has 0 aliphatic rings. The topological polar surface area (TPSA) is 58.8 Å². The number of guanidine groups is 1. The van der Waals surface area contributed by atoms with E-state index in [1.807, 2.05) is 12.1 Å². The molecule has 0 radical (unpaired) electrons. The number of nitrogens with zero attached hydrogens (tertiary/aromatic N) is 1. The van der Waals surface area contributed by atoms with E-state index < -0.39 is 0 Å². The smallest absolute Gasteiger partial charge is 0.191 e. The van der Waals surface area contributed by atoms with Gasteiger partial charge in [-0.25, -0.2) is 0 Å². The van der Waals surface area contributed by atoms with Crippen molar-refractivity contribution in [2.45, 2.75) is 32.7 Å². The third-order valence-corrected chi connectivity index (χ3v) is 2.30. The summed E-state index contributed by atoms with van der Waals surface area (Å²) < 4.78 is 10.3. The molecule has 0 bridgehead atoms. The maximum atomic E-state index is 5.29. The fraction of sp³-hybridized carbons (Fsp3) is 0.643. The maximum Gasteiger partial charge on any atom is 0.191 e. The van der Waals surface area contributed by atoms with Crippen LogP contribution in [0.25, 0.3) is 0 Å². The molecular formula is C14H25N3O2. The Labute approximate surface area is 115 Å². The van der Waals surface area contributed by atoms with Gasteiger partial charge in [0.05, 0.1) is 19.4 Å². The number of rotatable bonds is 6. The minimum Gasteiger partial charge on any atom is -0.469 e. The van der Waals surface area contributed by atoms with Gasteiger partial charge in [-0.2, -0.15) is 0 Å². The van der Waals surface area contributed by atoms with Crippen LogP contribution in [0, 0.1) is 0 Å². The summed E-state index contributed by atoms with van der Waals surface area (Å²) >= 11 is 0. The highest BCUT2D eigenvalue weighted by atomic mass is 16.5. The Morgan fingerprint density at radius 3 is 2.79 bits per heavy atom. The standard InChI is InChI=1S/C14H25N3O2/c1-14(2,3)17-13(16-9-11-18-4)15-8-7-12-6-5-10-19-12/h5-6,10H,7-9,11H2,1-4H3,(H2,15,16,17). The predicted octanol–water partition coefficient (Wildman–Crippen LogP) is 1.80. The molecule has 0 aliphatic carbocycles. The molecule has 108 valence electrons. The molecule has 0 amide bonds. The Balaban J connectivity index is 2.41. The average Bonchev–Trinajstić information content (AvgIpc) is 2.80. The molecule has 0 saturated carbocycles.